The first-order valence-electron chi connectivity index (χ1n) is 6.13. The van der Waals surface area contributed by atoms with Gasteiger partial charge in [-0.2, -0.15) is 0 Å². The lowest BCUT2D eigenvalue weighted by atomic mass is 9.81. The molecule has 0 aromatic rings. The van der Waals surface area contributed by atoms with E-state index in [1.807, 2.05) is 0 Å². The molecule has 1 heterocycles. The van der Waals surface area contributed by atoms with Gasteiger partial charge in [-0.15, -0.1) is 0 Å². The Kier molecular flexibility index (Phi) is 5.21. The van der Waals surface area contributed by atoms with E-state index in [2.05, 4.69) is 22.9 Å². The normalized spacial score (nSPS) is 23.4. The second-order valence-corrected chi connectivity index (χ2v) is 4.50. The molecule has 6 nitrogen and oxygen atoms in total. The Morgan fingerprint density at radius 2 is 2.06 bits per heavy atom. The smallest absolute Gasteiger partial charge is 0.312 e. The highest BCUT2D eigenvalue weighted by Crippen LogP contribution is 2.31. The SMILES string of the molecule is CCCC1(C(=O)NCCNC(N)=O)CCNC1. The van der Waals surface area contributed by atoms with Crippen molar-refractivity contribution in [3.8, 4) is 0 Å². The Bertz CT molecular complexity index is 275. The summed E-state index contributed by atoms with van der Waals surface area (Å²) < 4.78 is 0. The zero-order valence-corrected chi connectivity index (χ0v) is 10.3. The van der Waals surface area contributed by atoms with Crippen molar-refractivity contribution in [1.29, 1.82) is 0 Å². The van der Waals surface area contributed by atoms with Crippen LogP contribution in [-0.4, -0.2) is 38.1 Å². The Hall–Kier alpha value is -1.30. The van der Waals surface area contributed by atoms with Gasteiger partial charge in [0.1, 0.15) is 0 Å². The van der Waals surface area contributed by atoms with Crippen molar-refractivity contribution in [2.45, 2.75) is 26.2 Å². The molecule has 3 amide bonds. The average molecular weight is 242 g/mol. The summed E-state index contributed by atoms with van der Waals surface area (Å²) in [5.74, 6) is 0.0793. The van der Waals surface area contributed by atoms with E-state index in [0.29, 0.717) is 13.1 Å². The standard InChI is InChI=1S/C11H22N4O2/c1-2-3-11(4-5-13-8-11)9(16)14-6-7-15-10(12)17/h13H,2-8H2,1H3,(H,14,16)(H3,12,15,17). The third-order valence-corrected chi connectivity index (χ3v) is 3.16. The van der Waals surface area contributed by atoms with E-state index in [0.717, 1.165) is 32.4 Å². The van der Waals surface area contributed by atoms with Crippen LogP contribution in [0.2, 0.25) is 0 Å². The van der Waals surface area contributed by atoms with Crippen LogP contribution in [0.15, 0.2) is 0 Å². The van der Waals surface area contributed by atoms with E-state index < -0.39 is 6.03 Å². The molecule has 1 aliphatic rings. The second-order valence-electron chi connectivity index (χ2n) is 4.50. The number of nitrogens with one attached hydrogen (secondary N) is 3. The molecule has 0 bridgehead atoms. The summed E-state index contributed by atoms with van der Waals surface area (Å²) in [6, 6.07) is -0.565. The van der Waals surface area contributed by atoms with E-state index in [4.69, 9.17) is 5.73 Å². The van der Waals surface area contributed by atoms with Gasteiger partial charge in [0.15, 0.2) is 0 Å². The maximum absolute atomic E-state index is 12.1. The number of nitrogens with two attached hydrogens (primary N) is 1. The summed E-state index contributed by atoms with van der Waals surface area (Å²) in [5.41, 5.74) is 4.67. The molecule has 17 heavy (non-hydrogen) atoms. The van der Waals surface area contributed by atoms with Gasteiger partial charge in [0.05, 0.1) is 5.41 Å². The molecule has 0 spiro atoms. The van der Waals surface area contributed by atoms with E-state index in [9.17, 15) is 9.59 Å². The first-order valence-corrected chi connectivity index (χ1v) is 6.13. The van der Waals surface area contributed by atoms with Crippen LogP contribution in [0.1, 0.15) is 26.2 Å². The van der Waals surface area contributed by atoms with Crippen LogP contribution in [0.4, 0.5) is 4.79 Å². The summed E-state index contributed by atoms with van der Waals surface area (Å²) >= 11 is 0. The Balaban J connectivity index is 2.35. The molecule has 0 aliphatic carbocycles. The van der Waals surface area contributed by atoms with Crippen molar-refractivity contribution in [1.82, 2.24) is 16.0 Å². The van der Waals surface area contributed by atoms with Crippen molar-refractivity contribution in [2.75, 3.05) is 26.2 Å². The minimum atomic E-state index is -0.565. The number of hydrogen-bond acceptors (Lipinski definition) is 3. The molecule has 98 valence electrons. The monoisotopic (exact) mass is 242 g/mol. The second kappa shape index (κ2) is 6.44. The van der Waals surface area contributed by atoms with Gasteiger partial charge in [0, 0.05) is 19.6 Å². The minimum absolute atomic E-state index is 0.0793. The Morgan fingerprint density at radius 3 is 2.59 bits per heavy atom. The number of primary amides is 1. The van der Waals surface area contributed by atoms with Gasteiger partial charge in [-0.1, -0.05) is 13.3 Å². The fourth-order valence-electron chi connectivity index (χ4n) is 2.29. The van der Waals surface area contributed by atoms with E-state index in [1.165, 1.54) is 0 Å². The molecule has 1 atom stereocenters. The molecule has 1 rings (SSSR count). The average Bonchev–Trinajstić information content (AvgIpc) is 2.74. The van der Waals surface area contributed by atoms with Crippen LogP contribution in [0.5, 0.6) is 0 Å². The summed E-state index contributed by atoms with van der Waals surface area (Å²) in [4.78, 5) is 22.6. The van der Waals surface area contributed by atoms with Crippen molar-refractivity contribution in [3.05, 3.63) is 0 Å². The van der Waals surface area contributed by atoms with E-state index in [-0.39, 0.29) is 11.3 Å². The molecular formula is C11H22N4O2. The van der Waals surface area contributed by atoms with Crippen LogP contribution < -0.4 is 21.7 Å². The van der Waals surface area contributed by atoms with E-state index in [1.54, 1.807) is 0 Å². The topological polar surface area (TPSA) is 96.2 Å². The van der Waals surface area contributed by atoms with E-state index >= 15 is 0 Å². The summed E-state index contributed by atoms with van der Waals surface area (Å²) in [7, 11) is 0. The first-order chi connectivity index (χ1) is 8.10. The summed E-state index contributed by atoms with van der Waals surface area (Å²) in [6.45, 7) is 4.52. The molecule has 1 unspecified atom stereocenters. The largest absolute Gasteiger partial charge is 0.354 e. The lowest BCUT2D eigenvalue weighted by Gasteiger charge is -2.26. The predicted octanol–water partition coefficient (Wildman–Crippen LogP) is -0.449. The number of rotatable bonds is 6. The fraction of sp³-hybridized carbons (Fsp3) is 0.818. The van der Waals surface area contributed by atoms with Crippen molar-refractivity contribution >= 4 is 11.9 Å². The lowest BCUT2D eigenvalue weighted by molar-refractivity contribution is -0.130. The summed E-state index contributed by atoms with van der Waals surface area (Å²) in [6.07, 6.45) is 2.78. The zero-order chi connectivity index (χ0) is 12.7. The van der Waals surface area contributed by atoms with Gasteiger partial charge >= 0.3 is 6.03 Å². The molecule has 1 saturated heterocycles. The maximum atomic E-state index is 12.1. The maximum Gasteiger partial charge on any atom is 0.312 e. The van der Waals surface area contributed by atoms with Gasteiger partial charge in [0.2, 0.25) is 5.91 Å². The first kappa shape index (κ1) is 13.8. The Labute approximate surface area is 102 Å². The van der Waals surface area contributed by atoms with Crippen LogP contribution in [0, 0.1) is 5.41 Å². The molecule has 0 aromatic carbocycles. The molecule has 1 fully saturated rings. The lowest BCUT2D eigenvalue weighted by Crippen LogP contribution is -2.45. The van der Waals surface area contributed by atoms with Crippen LogP contribution in [0.25, 0.3) is 0 Å². The molecule has 0 radical (unpaired) electrons. The molecule has 5 N–H and O–H groups in total. The Morgan fingerprint density at radius 1 is 1.35 bits per heavy atom. The fourth-order valence-corrected chi connectivity index (χ4v) is 2.29. The van der Waals surface area contributed by atoms with Crippen molar-refractivity contribution in [2.24, 2.45) is 11.1 Å². The molecule has 0 aromatic heterocycles. The van der Waals surface area contributed by atoms with Gasteiger partial charge in [-0.25, -0.2) is 4.79 Å². The zero-order valence-electron chi connectivity index (χ0n) is 10.3. The van der Waals surface area contributed by atoms with Gasteiger partial charge in [0.25, 0.3) is 0 Å². The number of carbonyl (C=O) groups is 2. The van der Waals surface area contributed by atoms with Gasteiger partial charge in [-0.3, -0.25) is 4.79 Å². The number of amides is 3. The highest BCUT2D eigenvalue weighted by Gasteiger charge is 2.39. The molecule has 0 saturated carbocycles. The highest BCUT2D eigenvalue weighted by molar-refractivity contribution is 5.83. The number of carbonyl (C=O) groups excluding carboxylic acids is 2. The predicted molar refractivity (Wildman–Crippen MR) is 65.4 cm³/mol. The molecule has 1 aliphatic heterocycles. The van der Waals surface area contributed by atoms with Crippen molar-refractivity contribution in [3.63, 3.8) is 0 Å². The van der Waals surface area contributed by atoms with Gasteiger partial charge < -0.3 is 21.7 Å². The molecule has 6 heteroatoms. The van der Waals surface area contributed by atoms with Crippen LogP contribution in [0.3, 0.4) is 0 Å². The van der Waals surface area contributed by atoms with Crippen molar-refractivity contribution < 1.29 is 9.59 Å². The quantitative estimate of drug-likeness (QED) is 0.475. The number of urea groups is 1. The third-order valence-electron chi connectivity index (χ3n) is 3.16. The third kappa shape index (κ3) is 3.89. The number of hydrogen-bond donors (Lipinski definition) is 4. The minimum Gasteiger partial charge on any atom is -0.354 e. The highest BCUT2D eigenvalue weighted by atomic mass is 16.2. The van der Waals surface area contributed by atoms with Crippen LogP contribution >= 0.6 is 0 Å². The summed E-state index contributed by atoms with van der Waals surface area (Å²) in [5, 5.41) is 8.54. The molecular weight excluding hydrogens is 220 g/mol. The van der Waals surface area contributed by atoms with Crippen LogP contribution in [-0.2, 0) is 4.79 Å². The van der Waals surface area contributed by atoms with Gasteiger partial charge in [-0.05, 0) is 19.4 Å².